The molecule has 0 aliphatic heterocycles. The largest absolute Gasteiger partial charge is 0.480 e. The molecule has 0 heterocycles. The lowest BCUT2D eigenvalue weighted by molar-refractivity contribution is -0.138. The number of aliphatic carboxylic acids is 1. The van der Waals surface area contributed by atoms with E-state index in [9.17, 15) is 9.59 Å². The van der Waals surface area contributed by atoms with Crippen molar-refractivity contribution in [3.05, 3.63) is 28.2 Å². The third kappa shape index (κ3) is 4.07. The van der Waals surface area contributed by atoms with Crippen LogP contribution in [0.15, 0.2) is 22.7 Å². The van der Waals surface area contributed by atoms with Gasteiger partial charge >= 0.3 is 12.0 Å². The van der Waals surface area contributed by atoms with E-state index in [1.807, 2.05) is 13.0 Å². The van der Waals surface area contributed by atoms with Gasteiger partial charge in [0.15, 0.2) is 0 Å². The minimum absolute atomic E-state index is 0.537. The molecule has 0 spiro atoms. The number of halogens is 1. The fraction of sp³-hybridized carbons (Fsp3) is 0.273. The molecule has 3 N–H and O–H groups in total. The number of hydrogen-bond acceptors (Lipinski definition) is 2. The molecular formula is C11H13BrN2O3. The number of amides is 2. The van der Waals surface area contributed by atoms with Crippen LogP contribution in [-0.4, -0.2) is 23.1 Å². The Balaban J connectivity index is 2.65. The maximum absolute atomic E-state index is 11.5. The van der Waals surface area contributed by atoms with Crippen LogP contribution in [0.25, 0.3) is 0 Å². The van der Waals surface area contributed by atoms with Crippen molar-refractivity contribution >= 4 is 33.6 Å². The minimum Gasteiger partial charge on any atom is -0.480 e. The van der Waals surface area contributed by atoms with Crippen molar-refractivity contribution in [3.63, 3.8) is 0 Å². The van der Waals surface area contributed by atoms with Crippen LogP contribution in [0.1, 0.15) is 12.5 Å². The van der Waals surface area contributed by atoms with Crippen molar-refractivity contribution in [1.82, 2.24) is 5.32 Å². The zero-order valence-corrected chi connectivity index (χ0v) is 11.0. The SMILES string of the molecule is Cc1cc(Br)ccc1NC(=O)N[C@@H](C)C(=O)O. The summed E-state index contributed by atoms with van der Waals surface area (Å²) in [4.78, 5) is 22.0. The van der Waals surface area contributed by atoms with E-state index in [1.165, 1.54) is 6.92 Å². The van der Waals surface area contributed by atoms with Gasteiger partial charge in [-0.15, -0.1) is 0 Å². The summed E-state index contributed by atoms with van der Waals surface area (Å²) in [5, 5.41) is 13.5. The van der Waals surface area contributed by atoms with E-state index >= 15 is 0 Å². The molecule has 0 radical (unpaired) electrons. The quantitative estimate of drug-likeness (QED) is 0.802. The van der Waals surface area contributed by atoms with E-state index in [-0.39, 0.29) is 0 Å². The smallest absolute Gasteiger partial charge is 0.325 e. The number of carbonyl (C=O) groups is 2. The van der Waals surface area contributed by atoms with Gasteiger partial charge in [-0.25, -0.2) is 4.79 Å². The standard InChI is InChI=1S/C11H13BrN2O3/c1-6-5-8(12)3-4-9(6)14-11(17)13-7(2)10(15)16/h3-5,7H,1-2H3,(H,15,16)(H2,13,14,17)/t7-/m0/s1. The van der Waals surface area contributed by atoms with Crippen molar-refractivity contribution < 1.29 is 14.7 Å². The summed E-state index contributed by atoms with van der Waals surface area (Å²) in [5.41, 5.74) is 1.53. The number of carboxylic acid groups (broad SMARTS) is 1. The second-order valence-corrected chi connectivity index (χ2v) is 4.53. The highest BCUT2D eigenvalue weighted by molar-refractivity contribution is 9.10. The Labute approximate surface area is 107 Å². The predicted octanol–water partition coefficient (Wildman–Crippen LogP) is 2.35. The average Bonchev–Trinajstić information content (AvgIpc) is 2.22. The van der Waals surface area contributed by atoms with Crippen LogP contribution in [0.2, 0.25) is 0 Å². The lowest BCUT2D eigenvalue weighted by atomic mass is 10.2. The number of nitrogens with one attached hydrogen (secondary N) is 2. The number of urea groups is 1. The van der Waals surface area contributed by atoms with Gasteiger partial charge in [0.25, 0.3) is 0 Å². The number of aryl methyl sites for hydroxylation is 1. The maximum Gasteiger partial charge on any atom is 0.325 e. The van der Waals surface area contributed by atoms with Gasteiger partial charge in [-0.1, -0.05) is 15.9 Å². The zero-order valence-electron chi connectivity index (χ0n) is 9.45. The van der Waals surface area contributed by atoms with Gasteiger partial charge in [0, 0.05) is 10.2 Å². The zero-order chi connectivity index (χ0) is 13.0. The number of benzene rings is 1. The molecule has 0 aromatic heterocycles. The van der Waals surface area contributed by atoms with Crippen molar-refractivity contribution in [2.75, 3.05) is 5.32 Å². The lowest BCUT2D eigenvalue weighted by Gasteiger charge is -2.12. The van der Waals surface area contributed by atoms with Crippen LogP contribution in [0.3, 0.4) is 0 Å². The Morgan fingerprint density at radius 1 is 1.41 bits per heavy atom. The van der Waals surface area contributed by atoms with Gasteiger partial charge < -0.3 is 15.7 Å². The summed E-state index contributed by atoms with van der Waals surface area (Å²) in [6.07, 6.45) is 0. The number of anilines is 1. The molecule has 1 aromatic rings. The Morgan fingerprint density at radius 3 is 2.59 bits per heavy atom. The highest BCUT2D eigenvalue weighted by atomic mass is 79.9. The first kappa shape index (κ1) is 13.5. The molecule has 0 aliphatic carbocycles. The van der Waals surface area contributed by atoms with E-state index in [0.717, 1.165) is 10.0 Å². The second kappa shape index (κ2) is 5.67. The molecule has 0 fully saturated rings. The Bertz CT molecular complexity index is 448. The van der Waals surface area contributed by atoms with Gasteiger partial charge in [-0.05, 0) is 37.6 Å². The van der Waals surface area contributed by atoms with Gasteiger partial charge in [-0.2, -0.15) is 0 Å². The third-order valence-electron chi connectivity index (χ3n) is 2.15. The highest BCUT2D eigenvalue weighted by Crippen LogP contribution is 2.19. The summed E-state index contributed by atoms with van der Waals surface area (Å²) in [7, 11) is 0. The van der Waals surface area contributed by atoms with Crippen molar-refractivity contribution in [2.45, 2.75) is 19.9 Å². The Hall–Kier alpha value is -1.56. The minimum atomic E-state index is -1.08. The average molecular weight is 301 g/mol. The van der Waals surface area contributed by atoms with E-state index in [1.54, 1.807) is 12.1 Å². The predicted molar refractivity (Wildman–Crippen MR) is 68.1 cm³/mol. The molecule has 0 saturated carbocycles. The third-order valence-corrected chi connectivity index (χ3v) is 2.65. The van der Waals surface area contributed by atoms with Crippen molar-refractivity contribution in [1.29, 1.82) is 0 Å². The molecule has 0 unspecified atom stereocenters. The maximum atomic E-state index is 11.5. The molecule has 0 aliphatic rings. The van der Waals surface area contributed by atoms with Gasteiger partial charge in [0.2, 0.25) is 0 Å². The van der Waals surface area contributed by atoms with Crippen molar-refractivity contribution in [3.8, 4) is 0 Å². The molecule has 2 amide bonds. The first-order valence-electron chi connectivity index (χ1n) is 4.96. The first-order chi connectivity index (χ1) is 7.90. The fourth-order valence-electron chi connectivity index (χ4n) is 1.18. The van der Waals surface area contributed by atoms with Crippen LogP contribution in [-0.2, 0) is 4.79 Å². The van der Waals surface area contributed by atoms with Crippen LogP contribution in [0.4, 0.5) is 10.5 Å². The normalized spacial score (nSPS) is 11.7. The summed E-state index contributed by atoms with van der Waals surface area (Å²) < 4.78 is 0.917. The van der Waals surface area contributed by atoms with Crippen LogP contribution in [0, 0.1) is 6.92 Å². The van der Waals surface area contributed by atoms with Gasteiger partial charge in [0.05, 0.1) is 0 Å². The molecule has 0 saturated heterocycles. The van der Waals surface area contributed by atoms with Crippen LogP contribution in [0.5, 0.6) is 0 Å². The lowest BCUT2D eigenvalue weighted by Crippen LogP contribution is -2.40. The van der Waals surface area contributed by atoms with E-state index < -0.39 is 18.0 Å². The molecule has 6 heteroatoms. The molecular weight excluding hydrogens is 288 g/mol. The first-order valence-corrected chi connectivity index (χ1v) is 5.76. The van der Waals surface area contributed by atoms with E-state index in [0.29, 0.717) is 5.69 Å². The molecule has 17 heavy (non-hydrogen) atoms. The summed E-state index contributed by atoms with van der Waals surface area (Å²) >= 11 is 3.32. The van der Waals surface area contributed by atoms with Gasteiger partial charge in [-0.3, -0.25) is 4.79 Å². The van der Waals surface area contributed by atoms with Crippen LogP contribution < -0.4 is 10.6 Å². The topological polar surface area (TPSA) is 78.4 Å². The van der Waals surface area contributed by atoms with Crippen molar-refractivity contribution in [2.24, 2.45) is 0 Å². The second-order valence-electron chi connectivity index (χ2n) is 3.62. The number of carbonyl (C=O) groups excluding carboxylic acids is 1. The number of rotatable bonds is 3. The van der Waals surface area contributed by atoms with Gasteiger partial charge in [0.1, 0.15) is 6.04 Å². The molecule has 5 nitrogen and oxygen atoms in total. The summed E-state index contributed by atoms with van der Waals surface area (Å²) in [6, 6.07) is 3.93. The molecule has 1 rings (SSSR count). The number of hydrogen-bond donors (Lipinski definition) is 3. The fourth-order valence-corrected chi connectivity index (χ4v) is 1.66. The molecule has 0 bridgehead atoms. The van der Waals surface area contributed by atoms with E-state index in [4.69, 9.17) is 5.11 Å². The molecule has 1 atom stereocenters. The monoisotopic (exact) mass is 300 g/mol. The molecule has 1 aromatic carbocycles. The summed E-state index contributed by atoms with van der Waals surface area (Å²) in [5.74, 6) is -1.08. The molecule has 92 valence electrons. The highest BCUT2D eigenvalue weighted by Gasteiger charge is 2.14. The number of carboxylic acids is 1. The van der Waals surface area contributed by atoms with Crippen LogP contribution >= 0.6 is 15.9 Å². The Kier molecular flexibility index (Phi) is 4.51. The summed E-state index contributed by atoms with van der Waals surface area (Å²) in [6.45, 7) is 3.25. The van der Waals surface area contributed by atoms with E-state index in [2.05, 4.69) is 26.6 Å². The Morgan fingerprint density at radius 2 is 2.06 bits per heavy atom.